The summed E-state index contributed by atoms with van der Waals surface area (Å²) in [7, 11) is 0. The van der Waals surface area contributed by atoms with Crippen LogP contribution in [0.25, 0.3) is 0 Å². The Balaban J connectivity index is 2.48. The number of esters is 1. The molecule has 0 spiro atoms. The minimum absolute atomic E-state index is 0.137. The van der Waals surface area contributed by atoms with E-state index in [1.54, 1.807) is 0 Å². The Bertz CT molecular complexity index is 909. The van der Waals surface area contributed by atoms with Crippen LogP contribution >= 0.6 is 0 Å². The fourth-order valence-electron chi connectivity index (χ4n) is 4.33. The molecule has 0 amide bonds. The van der Waals surface area contributed by atoms with E-state index in [4.69, 9.17) is 9.47 Å². The van der Waals surface area contributed by atoms with E-state index in [2.05, 4.69) is 72.7 Å². The second kappa shape index (κ2) is 9.46. The van der Waals surface area contributed by atoms with E-state index in [1.807, 2.05) is 13.8 Å². The highest BCUT2D eigenvalue weighted by Gasteiger charge is 2.29. The number of rotatable bonds is 8. The van der Waals surface area contributed by atoms with E-state index in [1.165, 1.54) is 29.2 Å². The van der Waals surface area contributed by atoms with Gasteiger partial charge in [-0.15, -0.1) is 0 Å². The first kappa shape index (κ1) is 25.0. The van der Waals surface area contributed by atoms with Crippen LogP contribution in [0.4, 0.5) is 0 Å². The smallest absolute Gasteiger partial charge is 0.308 e. The average Bonchev–Trinajstić information content (AvgIpc) is 2.67. The maximum Gasteiger partial charge on any atom is 0.308 e. The Morgan fingerprint density at radius 1 is 0.806 bits per heavy atom. The number of aryl methyl sites for hydroxylation is 4. The Labute approximate surface area is 189 Å². The van der Waals surface area contributed by atoms with E-state index in [0.717, 1.165) is 36.1 Å². The quantitative estimate of drug-likeness (QED) is 0.325. The number of hydrogen-bond donors (Lipinski definition) is 0. The van der Waals surface area contributed by atoms with Crippen molar-refractivity contribution in [2.75, 3.05) is 0 Å². The molecule has 2 rings (SSSR count). The molecular formula is C28H40O3. The first-order valence-corrected chi connectivity index (χ1v) is 11.5. The van der Waals surface area contributed by atoms with Crippen LogP contribution in [-0.4, -0.2) is 11.6 Å². The minimum atomic E-state index is -0.290. The van der Waals surface area contributed by atoms with Crippen LogP contribution in [0, 0.1) is 27.7 Å². The number of hydrogen-bond acceptors (Lipinski definition) is 3. The van der Waals surface area contributed by atoms with Crippen LogP contribution < -0.4 is 9.47 Å². The highest BCUT2D eigenvalue weighted by molar-refractivity contribution is 5.70. The summed E-state index contributed by atoms with van der Waals surface area (Å²) in [5, 5.41) is 0. The Kier molecular flexibility index (Phi) is 7.62. The van der Waals surface area contributed by atoms with Crippen molar-refractivity contribution in [3.63, 3.8) is 0 Å². The lowest BCUT2D eigenvalue weighted by molar-refractivity contribution is -0.131. The molecule has 0 saturated heterocycles. The third-order valence-electron chi connectivity index (χ3n) is 6.49. The van der Waals surface area contributed by atoms with Crippen molar-refractivity contribution < 1.29 is 14.3 Å². The van der Waals surface area contributed by atoms with Gasteiger partial charge in [-0.25, -0.2) is 0 Å². The minimum Gasteiger partial charge on any atom is -0.487 e. The third kappa shape index (κ3) is 5.50. The number of carbonyl (C=O) groups is 1. The molecule has 3 nitrogen and oxygen atoms in total. The van der Waals surface area contributed by atoms with Crippen LogP contribution in [0.3, 0.4) is 0 Å². The van der Waals surface area contributed by atoms with Gasteiger partial charge in [-0.2, -0.15) is 0 Å². The summed E-state index contributed by atoms with van der Waals surface area (Å²) < 4.78 is 12.0. The highest BCUT2D eigenvalue weighted by atomic mass is 16.5. The predicted molar refractivity (Wildman–Crippen MR) is 130 cm³/mol. The lowest BCUT2D eigenvalue weighted by Crippen LogP contribution is -2.32. The van der Waals surface area contributed by atoms with Gasteiger partial charge in [0, 0.05) is 12.3 Å². The molecule has 0 aliphatic heterocycles. The number of carbonyl (C=O) groups excluding carboxylic acids is 1. The first-order valence-electron chi connectivity index (χ1n) is 11.5. The maximum atomic E-state index is 11.5. The van der Waals surface area contributed by atoms with Gasteiger partial charge in [0.05, 0.1) is 0 Å². The molecule has 3 heteroatoms. The van der Waals surface area contributed by atoms with Gasteiger partial charge in [-0.3, -0.25) is 4.79 Å². The zero-order valence-corrected chi connectivity index (χ0v) is 21.2. The molecule has 170 valence electrons. The number of ether oxygens (including phenoxy) is 2. The van der Waals surface area contributed by atoms with Crippen LogP contribution in [0.15, 0.2) is 24.3 Å². The van der Waals surface area contributed by atoms with Crippen molar-refractivity contribution in [1.29, 1.82) is 0 Å². The summed E-state index contributed by atoms with van der Waals surface area (Å²) in [6.45, 7) is 20.8. The van der Waals surface area contributed by atoms with Gasteiger partial charge in [0.25, 0.3) is 0 Å². The van der Waals surface area contributed by atoms with Gasteiger partial charge >= 0.3 is 5.97 Å². The number of benzene rings is 2. The van der Waals surface area contributed by atoms with Gasteiger partial charge < -0.3 is 9.47 Å². The van der Waals surface area contributed by atoms with Crippen LogP contribution in [0.5, 0.6) is 11.5 Å². The fourth-order valence-corrected chi connectivity index (χ4v) is 4.33. The standard InChI is InChI=1S/C28H40O3/c1-11-13-28(10,12-2)31-26-20(5)16-24(17-21(26)6)27(8,9)23-14-18(3)25(19(4)15-23)30-22(7)29/h14-17H,11-13H2,1-10H3. The fraction of sp³-hybridized carbons (Fsp3) is 0.536. The molecule has 0 heterocycles. The van der Waals surface area contributed by atoms with Crippen molar-refractivity contribution in [2.45, 2.75) is 99.5 Å². The molecule has 0 bridgehead atoms. The molecule has 1 unspecified atom stereocenters. The first-order chi connectivity index (χ1) is 14.3. The highest BCUT2D eigenvalue weighted by Crippen LogP contribution is 2.39. The van der Waals surface area contributed by atoms with E-state index < -0.39 is 0 Å². The van der Waals surface area contributed by atoms with Crippen molar-refractivity contribution in [2.24, 2.45) is 0 Å². The lowest BCUT2D eigenvalue weighted by Gasteiger charge is -2.33. The van der Waals surface area contributed by atoms with Crippen LogP contribution in [0.2, 0.25) is 0 Å². The topological polar surface area (TPSA) is 35.5 Å². The predicted octanol–water partition coefficient (Wildman–Crippen LogP) is 7.52. The monoisotopic (exact) mass is 424 g/mol. The molecule has 0 saturated carbocycles. The third-order valence-corrected chi connectivity index (χ3v) is 6.49. The molecule has 1 atom stereocenters. The maximum absolute atomic E-state index is 11.5. The van der Waals surface area contributed by atoms with Gasteiger partial charge in [0.2, 0.25) is 0 Å². The van der Waals surface area contributed by atoms with Gasteiger partial charge in [-0.05, 0) is 80.8 Å². The average molecular weight is 425 g/mol. The van der Waals surface area contributed by atoms with Gasteiger partial charge in [0.1, 0.15) is 17.1 Å². The Morgan fingerprint density at radius 2 is 1.23 bits per heavy atom. The van der Waals surface area contributed by atoms with Crippen molar-refractivity contribution in [3.05, 3.63) is 57.6 Å². The molecule has 2 aromatic rings. The lowest BCUT2D eigenvalue weighted by atomic mass is 9.76. The van der Waals surface area contributed by atoms with Crippen molar-refractivity contribution in [3.8, 4) is 11.5 Å². The van der Waals surface area contributed by atoms with E-state index >= 15 is 0 Å². The van der Waals surface area contributed by atoms with E-state index in [0.29, 0.717) is 5.75 Å². The largest absolute Gasteiger partial charge is 0.487 e. The summed E-state index contributed by atoms with van der Waals surface area (Å²) in [5.41, 5.74) is 6.41. The Morgan fingerprint density at radius 3 is 1.58 bits per heavy atom. The van der Waals surface area contributed by atoms with Crippen LogP contribution in [-0.2, 0) is 10.2 Å². The zero-order chi connectivity index (χ0) is 23.6. The summed E-state index contributed by atoms with van der Waals surface area (Å²) >= 11 is 0. The van der Waals surface area contributed by atoms with E-state index in [9.17, 15) is 4.79 Å². The molecule has 0 fully saturated rings. The Hall–Kier alpha value is -2.29. The molecular weight excluding hydrogens is 384 g/mol. The van der Waals surface area contributed by atoms with Gasteiger partial charge in [0.15, 0.2) is 0 Å². The van der Waals surface area contributed by atoms with Crippen LogP contribution in [0.1, 0.15) is 94.2 Å². The van der Waals surface area contributed by atoms with Crippen molar-refractivity contribution in [1.82, 2.24) is 0 Å². The second-order valence-corrected chi connectivity index (χ2v) is 9.75. The summed E-state index contributed by atoms with van der Waals surface area (Å²) in [6.07, 6.45) is 3.14. The molecule has 0 radical (unpaired) electrons. The summed E-state index contributed by atoms with van der Waals surface area (Å²) in [4.78, 5) is 11.5. The zero-order valence-electron chi connectivity index (χ0n) is 21.2. The molecule has 31 heavy (non-hydrogen) atoms. The molecule has 2 aromatic carbocycles. The SMILES string of the molecule is CCCC(C)(CC)Oc1c(C)cc(C(C)(C)c2cc(C)c(OC(C)=O)c(C)c2)cc1C. The summed E-state index contributed by atoms with van der Waals surface area (Å²) in [6, 6.07) is 8.79. The molecule has 0 aliphatic carbocycles. The molecule has 0 N–H and O–H groups in total. The summed E-state index contributed by atoms with van der Waals surface area (Å²) in [5.74, 6) is 1.38. The molecule has 0 aromatic heterocycles. The second-order valence-electron chi connectivity index (χ2n) is 9.75. The van der Waals surface area contributed by atoms with E-state index in [-0.39, 0.29) is 17.0 Å². The molecule has 0 aliphatic rings. The van der Waals surface area contributed by atoms with Gasteiger partial charge in [-0.1, -0.05) is 58.4 Å². The normalized spacial score (nSPS) is 13.6. The van der Waals surface area contributed by atoms with Crippen molar-refractivity contribution >= 4 is 5.97 Å².